The van der Waals surface area contributed by atoms with Crippen molar-refractivity contribution in [1.29, 1.82) is 0 Å². The van der Waals surface area contributed by atoms with Crippen LogP contribution < -0.4 is 10.6 Å². The van der Waals surface area contributed by atoms with E-state index in [1.54, 1.807) is 17.0 Å². The number of benzene rings is 1. The fraction of sp³-hybridized carbons (Fsp3) is 0.471. The van der Waals surface area contributed by atoms with E-state index in [2.05, 4.69) is 10.6 Å². The van der Waals surface area contributed by atoms with E-state index in [9.17, 15) is 14.4 Å². The fourth-order valence-electron chi connectivity index (χ4n) is 2.85. The van der Waals surface area contributed by atoms with Gasteiger partial charge in [0.2, 0.25) is 0 Å². The maximum Gasteiger partial charge on any atom is 0.336 e. The minimum atomic E-state index is -1.12. The van der Waals surface area contributed by atoms with Crippen molar-refractivity contribution in [2.45, 2.75) is 37.8 Å². The summed E-state index contributed by atoms with van der Waals surface area (Å²) in [7, 11) is 0. The number of carboxylic acid groups (broad SMARTS) is 1. The normalized spacial score (nSPS) is 18.1. The third-order valence-electron chi connectivity index (χ3n) is 4.42. The first-order valence-corrected chi connectivity index (χ1v) is 8.23. The van der Waals surface area contributed by atoms with Gasteiger partial charge < -0.3 is 20.6 Å². The van der Waals surface area contributed by atoms with Crippen LogP contribution >= 0.6 is 0 Å². The standard InChI is InChI=1S/C17H21N3O4/c21-15(13-3-1-2-4-14(13)16(22)23)18-12-7-9-20(10-8-12)17(24)19-11-5-6-11/h1-4,11-12H,5-10H2,(H,18,21)(H,19,24)(H,22,23). The molecule has 128 valence electrons. The molecule has 1 heterocycles. The second-order valence-electron chi connectivity index (χ2n) is 6.31. The molecule has 24 heavy (non-hydrogen) atoms. The molecule has 0 bridgehead atoms. The molecule has 0 radical (unpaired) electrons. The van der Waals surface area contributed by atoms with E-state index in [-0.39, 0.29) is 29.1 Å². The molecule has 2 aliphatic rings. The largest absolute Gasteiger partial charge is 0.478 e. The molecule has 1 aliphatic carbocycles. The molecule has 0 spiro atoms. The van der Waals surface area contributed by atoms with E-state index in [4.69, 9.17) is 5.11 Å². The van der Waals surface area contributed by atoms with Crippen LogP contribution in [0.5, 0.6) is 0 Å². The van der Waals surface area contributed by atoms with Crippen LogP contribution in [0.1, 0.15) is 46.4 Å². The Morgan fingerprint density at radius 1 is 0.917 bits per heavy atom. The minimum Gasteiger partial charge on any atom is -0.478 e. The number of nitrogens with zero attached hydrogens (tertiary/aromatic N) is 1. The molecule has 1 aliphatic heterocycles. The zero-order valence-corrected chi connectivity index (χ0v) is 13.3. The first-order valence-electron chi connectivity index (χ1n) is 8.23. The Hall–Kier alpha value is -2.57. The summed E-state index contributed by atoms with van der Waals surface area (Å²) < 4.78 is 0. The molecule has 3 N–H and O–H groups in total. The number of carboxylic acids is 1. The molecule has 0 aromatic heterocycles. The lowest BCUT2D eigenvalue weighted by Crippen LogP contribution is -2.49. The van der Waals surface area contributed by atoms with E-state index >= 15 is 0 Å². The van der Waals surface area contributed by atoms with Crippen LogP contribution in [0.2, 0.25) is 0 Å². The second kappa shape index (κ2) is 6.90. The molecular formula is C17H21N3O4. The smallest absolute Gasteiger partial charge is 0.336 e. The van der Waals surface area contributed by atoms with Crippen LogP contribution in [-0.2, 0) is 0 Å². The topological polar surface area (TPSA) is 98.7 Å². The zero-order chi connectivity index (χ0) is 17.1. The predicted molar refractivity (Wildman–Crippen MR) is 87.0 cm³/mol. The van der Waals surface area contributed by atoms with Gasteiger partial charge in [0.1, 0.15) is 0 Å². The van der Waals surface area contributed by atoms with Crippen LogP contribution in [0.15, 0.2) is 24.3 Å². The first kappa shape index (κ1) is 16.3. The molecule has 1 aromatic rings. The van der Waals surface area contributed by atoms with Gasteiger partial charge in [-0.1, -0.05) is 12.1 Å². The van der Waals surface area contributed by atoms with Gasteiger partial charge in [-0.3, -0.25) is 4.79 Å². The molecule has 3 amide bonds. The van der Waals surface area contributed by atoms with Crippen molar-refractivity contribution in [2.24, 2.45) is 0 Å². The van der Waals surface area contributed by atoms with Crippen LogP contribution in [0.4, 0.5) is 4.79 Å². The summed E-state index contributed by atoms with van der Waals surface area (Å²) in [4.78, 5) is 37.3. The van der Waals surface area contributed by atoms with Crippen molar-refractivity contribution in [3.63, 3.8) is 0 Å². The third kappa shape index (κ3) is 3.84. The average molecular weight is 331 g/mol. The van der Waals surface area contributed by atoms with Crippen LogP contribution in [-0.4, -0.2) is 53.1 Å². The monoisotopic (exact) mass is 331 g/mol. The lowest BCUT2D eigenvalue weighted by molar-refractivity contribution is 0.0689. The highest BCUT2D eigenvalue weighted by Gasteiger charge is 2.29. The van der Waals surface area contributed by atoms with Crippen molar-refractivity contribution in [3.8, 4) is 0 Å². The molecular weight excluding hydrogens is 310 g/mol. The Kier molecular flexibility index (Phi) is 4.69. The Balaban J connectivity index is 1.53. The van der Waals surface area contributed by atoms with Gasteiger partial charge in [0.15, 0.2) is 0 Å². The SMILES string of the molecule is O=C(O)c1ccccc1C(=O)NC1CCN(C(=O)NC2CC2)CC1. The van der Waals surface area contributed by atoms with E-state index in [1.807, 2.05) is 0 Å². The predicted octanol–water partition coefficient (Wildman–Crippen LogP) is 1.45. The number of carbonyl (C=O) groups is 3. The summed E-state index contributed by atoms with van der Waals surface area (Å²) >= 11 is 0. The molecule has 0 unspecified atom stereocenters. The number of urea groups is 1. The second-order valence-corrected chi connectivity index (χ2v) is 6.31. The summed E-state index contributed by atoms with van der Waals surface area (Å²) in [6.07, 6.45) is 3.45. The lowest BCUT2D eigenvalue weighted by atomic mass is 10.0. The van der Waals surface area contributed by atoms with Gasteiger partial charge in [-0.15, -0.1) is 0 Å². The summed E-state index contributed by atoms with van der Waals surface area (Å²) in [5, 5.41) is 15.0. The molecule has 3 rings (SSSR count). The number of hydrogen-bond donors (Lipinski definition) is 3. The fourth-order valence-corrected chi connectivity index (χ4v) is 2.85. The maximum atomic E-state index is 12.3. The highest BCUT2D eigenvalue weighted by Crippen LogP contribution is 2.20. The highest BCUT2D eigenvalue weighted by molar-refractivity contribution is 6.04. The summed E-state index contributed by atoms with van der Waals surface area (Å²) in [6, 6.07) is 6.42. The van der Waals surface area contributed by atoms with E-state index in [0.29, 0.717) is 32.0 Å². The quantitative estimate of drug-likeness (QED) is 0.777. The Morgan fingerprint density at radius 2 is 1.50 bits per heavy atom. The van der Waals surface area contributed by atoms with Gasteiger partial charge in [0, 0.05) is 25.2 Å². The number of hydrogen-bond acceptors (Lipinski definition) is 3. The summed E-state index contributed by atoms with van der Waals surface area (Å²) in [5.41, 5.74) is 0.162. The van der Waals surface area contributed by atoms with Crippen molar-refractivity contribution in [1.82, 2.24) is 15.5 Å². The Morgan fingerprint density at radius 3 is 2.08 bits per heavy atom. The van der Waals surface area contributed by atoms with E-state index < -0.39 is 5.97 Å². The Bertz CT molecular complexity index is 649. The molecule has 7 nitrogen and oxygen atoms in total. The van der Waals surface area contributed by atoms with Crippen LogP contribution in [0, 0.1) is 0 Å². The van der Waals surface area contributed by atoms with Crippen molar-refractivity contribution in [3.05, 3.63) is 35.4 Å². The molecule has 7 heteroatoms. The van der Waals surface area contributed by atoms with Crippen LogP contribution in [0.25, 0.3) is 0 Å². The van der Waals surface area contributed by atoms with Crippen LogP contribution in [0.3, 0.4) is 0 Å². The average Bonchev–Trinajstić information content (AvgIpc) is 3.39. The lowest BCUT2D eigenvalue weighted by Gasteiger charge is -2.32. The number of amides is 3. The Labute approximate surface area is 140 Å². The number of nitrogens with one attached hydrogen (secondary N) is 2. The molecule has 2 fully saturated rings. The zero-order valence-electron chi connectivity index (χ0n) is 13.3. The highest BCUT2D eigenvalue weighted by atomic mass is 16.4. The maximum absolute atomic E-state index is 12.3. The van der Waals surface area contributed by atoms with Gasteiger partial charge in [-0.2, -0.15) is 0 Å². The molecule has 1 saturated carbocycles. The molecule has 0 atom stereocenters. The van der Waals surface area contributed by atoms with Gasteiger partial charge >= 0.3 is 12.0 Å². The van der Waals surface area contributed by atoms with Gasteiger partial charge in [-0.05, 0) is 37.8 Å². The number of carbonyl (C=O) groups excluding carboxylic acids is 2. The third-order valence-corrected chi connectivity index (χ3v) is 4.42. The molecule has 1 saturated heterocycles. The summed E-state index contributed by atoms with van der Waals surface area (Å²) in [5.74, 6) is -1.50. The van der Waals surface area contributed by atoms with E-state index in [0.717, 1.165) is 12.8 Å². The number of aromatic carboxylic acids is 1. The summed E-state index contributed by atoms with van der Waals surface area (Å²) in [6.45, 7) is 1.17. The van der Waals surface area contributed by atoms with Crippen molar-refractivity contribution < 1.29 is 19.5 Å². The van der Waals surface area contributed by atoms with Gasteiger partial charge in [-0.25, -0.2) is 9.59 Å². The minimum absolute atomic E-state index is 0.00347. The van der Waals surface area contributed by atoms with Crippen molar-refractivity contribution >= 4 is 17.9 Å². The number of piperidine rings is 1. The van der Waals surface area contributed by atoms with Gasteiger partial charge in [0.25, 0.3) is 5.91 Å². The van der Waals surface area contributed by atoms with Crippen molar-refractivity contribution in [2.75, 3.05) is 13.1 Å². The number of likely N-dealkylation sites (tertiary alicyclic amines) is 1. The van der Waals surface area contributed by atoms with E-state index in [1.165, 1.54) is 12.1 Å². The van der Waals surface area contributed by atoms with Gasteiger partial charge in [0.05, 0.1) is 11.1 Å². The first-order chi connectivity index (χ1) is 11.5. The number of rotatable bonds is 4. The molecule has 1 aromatic carbocycles.